The van der Waals surface area contributed by atoms with Crippen molar-refractivity contribution in [1.82, 2.24) is 10.2 Å². The van der Waals surface area contributed by atoms with Crippen LogP contribution in [0.25, 0.3) is 11.5 Å². The molecule has 6 nitrogen and oxygen atoms in total. The van der Waals surface area contributed by atoms with Gasteiger partial charge >= 0.3 is 5.97 Å². The van der Waals surface area contributed by atoms with E-state index in [2.05, 4.69) is 10.2 Å². The summed E-state index contributed by atoms with van der Waals surface area (Å²) in [5, 5.41) is 7.88. The number of hydrogen-bond acceptors (Lipinski definition) is 6. The topological polar surface area (TPSA) is 78.4 Å². The third-order valence-electron chi connectivity index (χ3n) is 3.03. The van der Waals surface area contributed by atoms with Crippen LogP contribution in [0.4, 0.5) is 0 Å². The molecule has 0 aliphatic rings. The van der Waals surface area contributed by atoms with Crippen LogP contribution in [0.15, 0.2) is 51.3 Å². The Morgan fingerprint density at radius 3 is 2.55 bits per heavy atom. The Kier molecular flexibility index (Phi) is 3.74. The molecule has 3 aromatic rings. The van der Waals surface area contributed by atoms with Gasteiger partial charge in [0.15, 0.2) is 6.10 Å². The normalized spacial score (nSPS) is 12.1. The summed E-state index contributed by atoms with van der Waals surface area (Å²) >= 11 is 0. The molecule has 112 valence electrons. The molecule has 6 heteroatoms. The summed E-state index contributed by atoms with van der Waals surface area (Å²) in [6.45, 7) is 3.42. The first kappa shape index (κ1) is 14.1. The van der Waals surface area contributed by atoms with E-state index in [1.807, 2.05) is 30.3 Å². The van der Waals surface area contributed by atoms with Gasteiger partial charge in [0.25, 0.3) is 5.89 Å². The maximum atomic E-state index is 11.9. The predicted octanol–water partition coefficient (Wildman–Crippen LogP) is 3.56. The molecular weight excluding hydrogens is 284 g/mol. The van der Waals surface area contributed by atoms with Crippen molar-refractivity contribution in [3.8, 4) is 11.5 Å². The van der Waals surface area contributed by atoms with Crippen LogP contribution in [0.5, 0.6) is 0 Å². The highest BCUT2D eigenvalue weighted by Gasteiger charge is 2.21. The number of ether oxygens (including phenoxy) is 1. The van der Waals surface area contributed by atoms with Crippen LogP contribution in [-0.4, -0.2) is 16.2 Å². The third kappa shape index (κ3) is 2.90. The molecule has 1 aromatic carbocycles. The Hall–Kier alpha value is -2.89. The van der Waals surface area contributed by atoms with E-state index in [-0.39, 0.29) is 11.7 Å². The molecule has 0 aliphatic heterocycles. The highest BCUT2D eigenvalue weighted by molar-refractivity contribution is 5.86. The Morgan fingerprint density at radius 2 is 1.86 bits per heavy atom. The number of aromatic nitrogens is 2. The zero-order chi connectivity index (χ0) is 15.5. The van der Waals surface area contributed by atoms with Crippen LogP contribution >= 0.6 is 0 Å². The number of rotatable bonds is 4. The second-order valence-corrected chi connectivity index (χ2v) is 4.77. The van der Waals surface area contributed by atoms with Crippen LogP contribution in [0.3, 0.4) is 0 Å². The maximum absolute atomic E-state index is 11.9. The van der Waals surface area contributed by atoms with Gasteiger partial charge in [0, 0.05) is 5.56 Å². The van der Waals surface area contributed by atoms with Gasteiger partial charge in [-0.25, -0.2) is 4.79 Å². The number of furan rings is 1. The number of aryl methyl sites for hydroxylation is 1. The van der Waals surface area contributed by atoms with E-state index in [1.54, 1.807) is 26.0 Å². The van der Waals surface area contributed by atoms with Crippen LogP contribution in [0.1, 0.15) is 35.2 Å². The van der Waals surface area contributed by atoms with Crippen molar-refractivity contribution in [1.29, 1.82) is 0 Å². The Bertz CT molecular complexity index is 776. The van der Waals surface area contributed by atoms with Crippen molar-refractivity contribution in [3.05, 3.63) is 59.9 Å². The van der Waals surface area contributed by atoms with Gasteiger partial charge in [-0.2, -0.15) is 0 Å². The van der Waals surface area contributed by atoms with Crippen LogP contribution < -0.4 is 0 Å². The molecule has 0 bridgehead atoms. The van der Waals surface area contributed by atoms with Gasteiger partial charge in [0.1, 0.15) is 5.76 Å². The molecular formula is C16H14N2O4. The quantitative estimate of drug-likeness (QED) is 0.685. The number of carbonyl (C=O) groups is 1. The lowest BCUT2D eigenvalue weighted by atomic mass is 10.2. The van der Waals surface area contributed by atoms with E-state index < -0.39 is 12.1 Å². The average Bonchev–Trinajstić information content (AvgIpc) is 3.17. The van der Waals surface area contributed by atoms with Gasteiger partial charge in [-0.1, -0.05) is 18.2 Å². The van der Waals surface area contributed by atoms with Crippen LogP contribution in [0.2, 0.25) is 0 Å². The molecule has 0 aliphatic carbocycles. The monoisotopic (exact) mass is 298 g/mol. The van der Waals surface area contributed by atoms with Crippen molar-refractivity contribution in [2.24, 2.45) is 0 Å². The molecule has 0 saturated heterocycles. The van der Waals surface area contributed by atoms with E-state index in [9.17, 15) is 4.79 Å². The zero-order valence-electron chi connectivity index (χ0n) is 12.1. The van der Waals surface area contributed by atoms with Crippen LogP contribution in [0, 0.1) is 6.92 Å². The second-order valence-electron chi connectivity index (χ2n) is 4.77. The van der Waals surface area contributed by atoms with Crippen LogP contribution in [-0.2, 0) is 4.74 Å². The summed E-state index contributed by atoms with van der Waals surface area (Å²) in [6.07, 6.45) is -0.664. The smallest absolute Gasteiger partial charge is 0.375 e. The van der Waals surface area contributed by atoms with Crippen molar-refractivity contribution in [2.75, 3.05) is 0 Å². The summed E-state index contributed by atoms with van der Waals surface area (Å²) in [7, 11) is 0. The number of esters is 1. The summed E-state index contributed by atoms with van der Waals surface area (Å²) < 4.78 is 16.0. The van der Waals surface area contributed by atoms with E-state index in [4.69, 9.17) is 13.6 Å². The van der Waals surface area contributed by atoms with E-state index in [0.29, 0.717) is 11.7 Å². The van der Waals surface area contributed by atoms with E-state index >= 15 is 0 Å². The Labute approximate surface area is 126 Å². The minimum Gasteiger partial charge on any atom is -0.454 e. The average molecular weight is 298 g/mol. The third-order valence-corrected chi connectivity index (χ3v) is 3.03. The number of nitrogens with zero attached hydrogens (tertiary/aromatic N) is 2. The molecule has 0 spiro atoms. The molecule has 0 radical (unpaired) electrons. The number of carbonyl (C=O) groups excluding carboxylic acids is 1. The van der Waals surface area contributed by atoms with E-state index in [1.165, 1.54) is 0 Å². The SMILES string of the molecule is Cc1ccc(C(=O)O[C@H](C)c2nnc(-c3ccccc3)o2)o1. The summed E-state index contributed by atoms with van der Waals surface area (Å²) in [4.78, 5) is 11.9. The fourth-order valence-electron chi connectivity index (χ4n) is 1.91. The van der Waals surface area contributed by atoms with Crippen molar-refractivity contribution < 1.29 is 18.4 Å². The van der Waals surface area contributed by atoms with Gasteiger partial charge < -0.3 is 13.6 Å². The largest absolute Gasteiger partial charge is 0.454 e. The molecule has 0 N–H and O–H groups in total. The summed E-state index contributed by atoms with van der Waals surface area (Å²) in [5.41, 5.74) is 0.807. The van der Waals surface area contributed by atoms with Crippen molar-refractivity contribution in [3.63, 3.8) is 0 Å². The summed E-state index contributed by atoms with van der Waals surface area (Å²) in [6, 6.07) is 12.6. The first-order chi connectivity index (χ1) is 10.6. The fourth-order valence-corrected chi connectivity index (χ4v) is 1.91. The van der Waals surface area contributed by atoms with E-state index in [0.717, 1.165) is 5.56 Å². The van der Waals surface area contributed by atoms with Gasteiger partial charge in [-0.05, 0) is 38.1 Å². The minimum atomic E-state index is -0.664. The number of benzene rings is 1. The molecule has 0 fully saturated rings. The number of hydrogen-bond donors (Lipinski definition) is 0. The Balaban J connectivity index is 1.72. The molecule has 0 saturated carbocycles. The molecule has 3 rings (SSSR count). The lowest BCUT2D eigenvalue weighted by Crippen LogP contribution is -2.08. The lowest BCUT2D eigenvalue weighted by Gasteiger charge is -2.07. The Morgan fingerprint density at radius 1 is 1.09 bits per heavy atom. The molecule has 22 heavy (non-hydrogen) atoms. The molecule has 0 unspecified atom stereocenters. The highest BCUT2D eigenvalue weighted by atomic mass is 16.6. The standard InChI is InChI=1S/C16H14N2O4/c1-10-8-9-13(20-10)16(19)21-11(2)14-17-18-15(22-14)12-6-4-3-5-7-12/h3-9,11H,1-2H3/t11-/m1/s1. The van der Waals surface area contributed by atoms with Gasteiger partial charge in [-0.3, -0.25) is 0 Å². The second kappa shape index (κ2) is 5.85. The first-order valence-electron chi connectivity index (χ1n) is 6.80. The molecule has 0 amide bonds. The predicted molar refractivity (Wildman–Crippen MR) is 77.0 cm³/mol. The fraction of sp³-hybridized carbons (Fsp3) is 0.188. The molecule has 2 aromatic heterocycles. The van der Waals surface area contributed by atoms with Crippen molar-refractivity contribution >= 4 is 5.97 Å². The highest BCUT2D eigenvalue weighted by Crippen LogP contribution is 2.23. The first-order valence-corrected chi connectivity index (χ1v) is 6.80. The van der Waals surface area contributed by atoms with Crippen molar-refractivity contribution in [2.45, 2.75) is 20.0 Å². The summed E-state index contributed by atoms with van der Waals surface area (Å²) in [5.74, 6) is 0.832. The molecule has 2 heterocycles. The molecule has 1 atom stereocenters. The minimum absolute atomic E-state index is 0.146. The maximum Gasteiger partial charge on any atom is 0.375 e. The van der Waals surface area contributed by atoms with Gasteiger partial charge in [0.05, 0.1) is 0 Å². The zero-order valence-corrected chi connectivity index (χ0v) is 12.1. The lowest BCUT2D eigenvalue weighted by molar-refractivity contribution is 0.0243. The van der Waals surface area contributed by atoms with Gasteiger partial charge in [0.2, 0.25) is 11.7 Å². The van der Waals surface area contributed by atoms with Gasteiger partial charge in [-0.15, -0.1) is 10.2 Å².